The average molecular weight is 580 g/mol. The highest BCUT2D eigenvalue weighted by molar-refractivity contribution is 7.92. The second kappa shape index (κ2) is 13.2. The Hall–Kier alpha value is -3.61. The highest BCUT2D eigenvalue weighted by Gasteiger charge is 2.29. The van der Waals surface area contributed by atoms with Crippen LogP contribution < -0.4 is 15.4 Å². The van der Waals surface area contributed by atoms with E-state index in [-0.39, 0.29) is 42.9 Å². The highest BCUT2D eigenvalue weighted by Crippen LogP contribution is 2.29. The van der Waals surface area contributed by atoms with Gasteiger partial charge in [0.05, 0.1) is 30.0 Å². The Morgan fingerprint density at radius 3 is 2.30 bits per heavy atom. The molecule has 0 heterocycles. The molecule has 0 bridgehead atoms. The van der Waals surface area contributed by atoms with Gasteiger partial charge in [-0.15, -0.1) is 0 Å². The molecule has 0 aromatic heterocycles. The van der Waals surface area contributed by atoms with Crippen LogP contribution in [-0.4, -0.2) is 43.4 Å². The van der Waals surface area contributed by atoms with Crippen LogP contribution >= 0.6 is 0 Å². The number of phenols is 1. The Balaban J connectivity index is 1.49. The summed E-state index contributed by atoms with van der Waals surface area (Å²) in [6.07, 6.45) is -3.69. The number of benzene rings is 3. The van der Waals surface area contributed by atoms with E-state index in [4.69, 9.17) is 0 Å². The first-order valence-electron chi connectivity index (χ1n) is 12.4. The molecule has 0 radical (unpaired) electrons. The Morgan fingerprint density at radius 2 is 1.65 bits per heavy atom. The number of halogens is 3. The Bertz CT molecular complexity index is 1410. The number of alkyl halides is 3. The average Bonchev–Trinajstić information content (AvgIpc) is 2.86. The predicted octanol–water partition coefficient (Wildman–Crippen LogP) is 3.90. The van der Waals surface area contributed by atoms with Crippen molar-refractivity contribution in [3.05, 3.63) is 94.5 Å². The lowest BCUT2D eigenvalue weighted by Crippen LogP contribution is -2.32. The fraction of sp³-hybridized carbons (Fsp3) is 0.321. The van der Waals surface area contributed by atoms with Crippen molar-refractivity contribution in [1.82, 2.24) is 10.6 Å². The van der Waals surface area contributed by atoms with E-state index in [1.54, 1.807) is 0 Å². The van der Waals surface area contributed by atoms with Gasteiger partial charge in [-0.3, -0.25) is 9.52 Å². The topological polar surface area (TPSA) is 128 Å². The van der Waals surface area contributed by atoms with E-state index < -0.39 is 27.9 Å². The lowest BCUT2D eigenvalue weighted by molar-refractivity contribution is -0.137. The summed E-state index contributed by atoms with van der Waals surface area (Å²) in [6.45, 7) is 2.23. The molecule has 3 aromatic rings. The molecule has 2 atom stereocenters. The molecule has 3 aromatic carbocycles. The molecule has 5 N–H and O–H groups in total. The van der Waals surface area contributed by atoms with Crippen molar-refractivity contribution in [1.29, 1.82) is 0 Å². The maximum absolute atomic E-state index is 12.7. The first kappa shape index (κ1) is 30.9. The van der Waals surface area contributed by atoms with Gasteiger partial charge < -0.3 is 20.8 Å². The normalized spacial score (nSPS) is 13.4. The number of anilines is 1. The summed E-state index contributed by atoms with van der Waals surface area (Å²) >= 11 is 0. The third kappa shape index (κ3) is 9.85. The number of amides is 1. The van der Waals surface area contributed by atoms with Gasteiger partial charge >= 0.3 is 6.18 Å². The van der Waals surface area contributed by atoms with Crippen LogP contribution in [0.25, 0.3) is 0 Å². The zero-order valence-corrected chi connectivity index (χ0v) is 22.8. The lowest BCUT2D eigenvalue weighted by Gasteiger charge is -2.19. The van der Waals surface area contributed by atoms with Gasteiger partial charge in [0, 0.05) is 19.1 Å². The molecule has 0 fully saturated rings. The number of aromatic hydroxyl groups is 1. The van der Waals surface area contributed by atoms with Crippen LogP contribution in [0.4, 0.5) is 18.9 Å². The maximum Gasteiger partial charge on any atom is 0.416 e. The van der Waals surface area contributed by atoms with Crippen molar-refractivity contribution < 1.29 is 36.6 Å². The summed E-state index contributed by atoms with van der Waals surface area (Å²) in [4.78, 5) is 12.4. The smallest absolute Gasteiger partial charge is 0.416 e. The van der Waals surface area contributed by atoms with Crippen LogP contribution in [0.2, 0.25) is 0 Å². The predicted molar refractivity (Wildman–Crippen MR) is 146 cm³/mol. The molecular formula is C28H32F3N3O5S. The van der Waals surface area contributed by atoms with Gasteiger partial charge in [0.1, 0.15) is 5.75 Å². The molecule has 3 rings (SSSR count). The Labute approximate surface area is 231 Å². The first-order valence-corrected chi connectivity index (χ1v) is 14.3. The molecular weight excluding hydrogens is 547 g/mol. The van der Waals surface area contributed by atoms with Gasteiger partial charge in [0.2, 0.25) is 15.9 Å². The van der Waals surface area contributed by atoms with Gasteiger partial charge in [-0.25, -0.2) is 8.42 Å². The number of rotatable bonds is 12. The van der Waals surface area contributed by atoms with Crippen molar-refractivity contribution in [2.45, 2.75) is 44.6 Å². The third-order valence-electron chi connectivity index (χ3n) is 6.03. The molecule has 8 nitrogen and oxygen atoms in total. The number of phenolic OH excluding ortho intramolecular Hbond substituents is 1. The number of sulfonamides is 1. The van der Waals surface area contributed by atoms with Crippen molar-refractivity contribution in [2.24, 2.45) is 0 Å². The lowest BCUT2D eigenvalue weighted by atomic mass is 10.0. The van der Waals surface area contributed by atoms with E-state index in [2.05, 4.69) is 15.4 Å². The first-order chi connectivity index (χ1) is 18.7. The molecule has 0 aliphatic heterocycles. The largest absolute Gasteiger partial charge is 0.506 e. The summed E-state index contributed by atoms with van der Waals surface area (Å²) < 4.78 is 63.3. The van der Waals surface area contributed by atoms with E-state index in [1.807, 2.05) is 31.2 Å². The van der Waals surface area contributed by atoms with Crippen LogP contribution in [0.1, 0.15) is 40.8 Å². The van der Waals surface area contributed by atoms with E-state index in [0.717, 1.165) is 29.5 Å². The number of nitrogens with one attached hydrogen (secondary N) is 3. The van der Waals surface area contributed by atoms with Crippen LogP contribution in [0.15, 0.2) is 66.7 Å². The van der Waals surface area contributed by atoms with E-state index >= 15 is 0 Å². The van der Waals surface area contributed by atoms with Gasteiger partial charge in [-0.05, 0) is 59.9 Å². The minimum atomic E-state index is -4.41. The summed E-state index contributed by atoms with van der Waals surface area (Å²) in [5.41, 5.74) is 1.97. The molecule has 1 amide bonds. The third-order valence-corrected chi connectivity index (χ3v) is 6.62. The van der Waals surface area contributed by atoms with Gasteiger partial charge in [-0.2, -0.15) is 13.2 Å². The summed E-state index contributed by atoms with van der Waals surface area (Å²) in [5.74, 6) is -0.513. The SMILES string of the molecule is C[C@H](Cc1cccc(CC(=O)NCc2ccc(C(F)(F)F)cc2)c1)NC[C@@H](O)c1ccc(O)c(NS(C)(=O)=O)c1. The van der Waals surface area contributed by atoms with Crippen LogP contribution in [0.5, 0.6) is 5.75 Å². The minimum absolute atomic E-state index is 0.0210. The summed E-state index contributed by atoms with van der Waals surface area (Å²) in [7, 11) is -3.60. The second-order valence-corrected chi connectivity index (χ2v) is 11.4. The zero-order chi connectivity index (χ0) is 29.5. The molecule has 0 spiro atoms. The number of carbonyl (C=O) groups excluding carboxylic acids is 1. The zero-order valence-electron chi connectivity index (χ0n) is 22.0. The summed E-state index contributed by atoms with van der Waals surface area (Å²) in [5, 5.41) is 26.4. The van der Waals surface area contributed by atoms with Crippen LogP contribution in [0.3, 0.4) is 0 Å². The standard InChI is InChI=1S/C28H32F3N3O5S/c1-18(32-17-26(36)22-8-11-25(35)24(15-22)34-40(2,38)39)12-20-4-3-5-21(13-20)14-27(37)33-16-19-6-9-23(10-7-19)28(29,30)31/h3-11,13,15,18,26,32,34-36H,12,14,16-17H2,1-2H3,(H,33,37)/t18-,26-/m1/s1. The molecule has 40 heavy (non-hydrogen) atoms. The molecule has 0 saturated heterocycles. The molecule has 0 aliphatic rings. The van der Waals surface area contributed by atoms with E-state index in [9.17, 15) is 36.6 Å². The molecule has 0 unspecified atom stereocenters. The minimum Gasteiger partial charge on any atom is -0.506 e. The van der Waals surface area contributed by atoms with Crippen molar-refractivity contribution >= 4 is 21.6 Å². The van der Waals surface area contributed by atoms with Gasteiger partial charge in [-0.1, -0.05) is 42.5 Å². The number of aliphatic hydroxyl groups is 1. The Morgan fingerprint density at radius 1 is 0.975 bits per heavy atom. The maximum atomic E-state index is 12.7. The van der Waals surface area contributed by atoms with Crippen LogP contribution in [-0.2, 0) is 40.4 Å². The number of hydrogen-bond acceptors (Lipinski definition) is 6. The van der Waals surface area contributed by atoms with Crippen LogP contribution in [0, 0.1) is 0 Å². The monoisotopic (exact) mass is 579 g/mol. The number of aliphatic hydroxyl groups excluding tert-OH is 1. The second-order valence-electron chi connectivity index (χ2n) is 9.65. The van der Waals surface area contributed by atoms with Crippen molar-refractivity contribution in [2.75, 3.05) is 17.5 Å². The fourth-order valence-electron chi connectivity index (χ4n) is 4.03. The van der Waals surface area contributed by atoms with Crippen molar-refractivity contribution in [3.8, 4) is 5.75 Å². The Kier molecular flexibility index (Phi) is 10.2. The fourth-order valence-corrected chi connectivity index (χ4v) is 4.59. The molecule has 0 aliphatic carbocycles. The van der Waals surface area contributed by atoms with Gasteiger partial charge in [0.25, 0.3) is 0 Å². The van der Waals surface area contributed by atoms with Crippen molar-refractivity contribution in [3.63, 3.8) is 0 Å². The van der Waals surface area contributed by atoms with E-state index in [0.29, 0.717) is 17.5 Å². The number of hydrogen-bond donors (Lipinski definition) is 5. The molecule has 12 heteroatoms. The summed E-state index contributed by atoms with van der Waals surface area (Å²) in [6, 6.07) is 16.2. The molecule has 0 saturated carbocycles. The van der Waals surface area contributed by atoms with Gasteiger partial charge in [0.15, 0.2) is 0 Å². The van der Waals surface area contributed by atoms with E-state index in [1.165, 1.54) is 30.3 Å². The quantitative estimate of drug-likeness (QED) is 0.207. The molecule has 216 valence electrons. The number of carbonyl (C=O) groups is 1. The highest BCUT2D eigenvalue weighted by atomic mass is 32.2.